The van der Waals surface area contributed by atoms with Crippen LogP contribution in [-0.4, -0.2) is 22.6 Å². The smallest absolute Gasteiger partial charge is 0.260 e. The quantitative estimate of drug-likeness (QED) is 0.745. The van der Waals surface area contributed by atoms with Crippen LogP contribution in [0.5, 0.6) is 0 Å². The molecule has 26 heavy (non-hydrogen) atoms. The predicted octanol–water partition coefficient (Wildman–Crippen LogP) is 3.20. The monoisotopic (exact) mass is 368 g/mol. The zero-order valence-corrected chi connectivity index (χ0v) is 15.6. The van der Waals surface area contributed by atoms with Crippen LogP contribution in [0.15, 0.2) is 47.5 Å². The summed E-state index contributed by atoms with van der Waals surface area (Å²) in [4.78, 5) is 16.8. The van der Waals surface area contributed by atoms with Crippen molar-refractivity contribution in [3.05, 3.63) is 69.2 Å². The van der Waals surface area contributed by atoms with Crippen molar-refractivity contribution in [1.82, 2.24) is 14.9 Å². The highest BCUT2D eigenvalue weighted by Gasteiger charge is 2.37. The van der Waals surface area contributed by atoms with Crippen molar-refractivity contribution < 1.29 is 0 Å². The normalized spacial score (nSPS) is 19.8. The molecule has 3 aromatic rings. The van der Waals surface area contributed by atoms with Crippen molar-refractivity contribution >= 4 is 28.2 Å². The van der Waals surface area contributed by atoms with Crippen LogP contribution >= 0.6 is 11.6 Å². The van der Waals surface area contributed by atoms with Crippen molar-refractivity contribution in [1.29, 1.82) is 0 Å². The second kappa shape index (κ2) is 6.41. The molecule has 5 nitrogen and oxygen atoms in total. The van der Waals surface area contributed by atoms with E-state index in [1.54, 1.807) is 13.4 Å². The molecule has 0 amide bonds. The van der Waals surface area contributed by atoms with Gasteiger partial charge in [0.1, 0.15) is 0 Å². The molecule has 2 N–H and O–H groups in total. The Bertz CT molecular complexity index is 1040. The summed E-state index contributed by atoms with van der Waals surface area (Å²) in [6.07, 6.45) is 2.49. The molecule has 134 valence electrons. The van der Waals surface area contributed by atoms with Crippen LogP contribution in [0.4, 0.5) is 5.69 Å². The molecule has 0 saturated carbocycles. The van der Waals surface area contributed by atoms with E-state index in [0.717, 1.165) is 35.8 Å². The number of nitrogens with zero attached hydrogens (tertiary/aromatic N) is 2. The van der Waals surface area contributed by atoms with E-state index in [2.05, 4.69) is 28.6 Å². The maximum Gasteiger partial charge on any atom is 0.260 e. The first-order valence-electron chi connectivity index (χ1n) is 8.70. The fraction of sp³-hybridized carbons (Fsp3) is 0.300. The summed E-state index contributed by atoms with van der Waals surface area (Å²) in [7, 11) is 1.71. The molecule has 1 aliphatic rings. The van der Waals surface area contributed by atoms with Gasteiger partial charge < -0.3 is 15.2 Å². The average molecular weight is 369 g/mol. The Kier molecular flexibility index (Phi) is 4.21. The Morgan fingerprint density at radius 2 is 2.15 bits per heavy atom. The molecule has 6 heteroatoms. The first-order chi connectivity index (χ1) is 12.5. The van der Waals surface area contributed by atoms with E-state index >= 15 is 0 Å². The number of aromatic nitrogens is 2. The lowest BCUT2D eigenvalue weighted by atomic mass is 9.85. The second-order valence-corrected chi connectivity index (χ2v) is 7.35. The van der Waals surface area contributed by atoms with Crippen molar-refractivity contribution in [2.75, 3.05) is 18.4 Å². The number of halogens is 1. The number of nitrogens with one attached hydrogen (secondary N) is 2. The molecule has 0 aliphatic carbocycles. The fourth-order valence-electron chi connectivity index (χ4n) is 3.79. The molecule has 1 fully saturated rings. The van der Waals surface area contributed by atoms with Gasteiger partial charge in [0, 0.05) is 24.3 Å². The SMILES string of the molecule is Cc1c(Cl)cccc1[C@@]1(Nc2ccc3ncn(C)c(=O)c3c2)CCNC1. The van der Waals surface area contributed by atoms with Gasteiger partial charge in [0.15, 0.2) is 0 Å². The summed E-state index contributed by atoms with van der Waals surface area (Å²) < 4.78 is 1.50. The molecule has 1 atom stereocenters. The van der Waals surface area contributed by atoms with Gasteiger partial charge in [-0.05, 0) is 55.3 Å². The summed E-state index contributed by atoms with van der Waals surface area (Å²) in [6.45, 7) is 3.78. The van der Waals surface area contributed by atoms with E-state index in [1.807, 2.05) is 30.3 Å². The highest BCUT2D eigenvalue weighted by Crippen LogP contribution is 2.36. The Morgan fingerprint density at radius 1 is 1.31 bits per heavy atom. The van der Waals surface area contributed by atoms with Gasteiger partial charge in [-0.15, -0.1) is 0 Å². The van der Waals surface area contributed by atoms with Crippen molar-refractivity contribution in [2.45, 2.75) is 18.9 Å². The third-order valence-electron chi connectivity index (χ3n) is 5.24. The largest absolute Gasteiger partial charge is 0.374 e. The molecule has 1 aliphatic heterocycles. The number of anilines is 1. The number of hydrogen-bond donors (Lipinski definition) is 2. The van der Waals surface area contributed by atoms with Gasteiger partial charge in [0.05, 0.1) is 22.8 Å². The van der Waals surface area contributed by atoms with Crippen LogP contribution in [0.25, 0.3) is 10.9 Å². The number of fused-ring (bicyclic) bond motifs is 1. The number of rotatable bonds is 3. The van der Waals surface area contributed by atoms with E-state index < -0.39 is 0 Å². The van der Waals surface area contributed by atoms with E-state index in [-0.39, 0.29) is 11.1 Å². The number of aryl methyl sites for hydroxylation is 1. The molecular weight excluding hydrogens is 348 g/mol. The van der Waals surface area contributed by atoms with E-state index in [9.17, 15) is 4.79 Å². The van der Waals surface area contributed by atoms with E-state index in [1.165, 1.54) is 10.1 Å². The Hall–Kier alpha value is -2.37. The molecular formula is C20H21ClN4O. The zero-order chi connectivity index (χ0) is 18.3. The van der Waals surface area contributed by atoms with Crippen LogP contribution in [0.1, 0.15) is 17.5 Å². The summed E-state index contributed by atoms with van der Waals surface area (Å²) in [5.74, 6) is 0. The molecule has 0 radical (unpaired) electrons. The lowest BCUT2D eigenvalue weighted by Gasteiger charge is -2.33. The molecule has 0 unspecified atom stereocenters. The Morgan fingerprint density at radius 3 is 2.92 bits per heavy atom. The molecule has 2 aromatic carbocycles. The third-order valence-corrected chi connectivity index (χ3v) is 5.65. The van der Waals surface area contributed by atoms with Crippen LogP contribution in [-0.2, 0) is 12.6 Å². The lowest BCUT2D eigenvalue weighted by molar-refractivity contribution is 0.539. The first-order valence-corrected chi connectivity index (χ1v) is 9.08. The molecule has 4 rings (SSSR count). The van der Waals surface area contributed by atoms with Crippen molar-refractivity contribution in [3.8, 4) is 0 Å². The van der Waals surface area contributed by atoms with Crippen LogP contribution in [0, 0.1) is 6.92 Å². The molecule has 0 spiro atoms. The fourth-order valence-corrected chi connectivity index (χ4v) is 3.96. The summed E-state index contributed by atoms with van der Waals surface area (Å²) in [6, 6.07) is 11.8. The zero-order valence-electron chi connectivity index (χ0n) is 14.8. The summed E-state index contributed by atoms with van der Waals surface area (Å²) in [5.41, 5.74) is 3.59. The lowest BCUT2D eigenvalue weighted by Crippen LogP contribution is -2.38. The summed E-state index contributed by atoms with van der Waals surface area (Å²) >= 11 is 6.37. The Balaban J connectivity index is 1.80. The number of benzene rings is 2. The average Bonchev–Trinajstić information content (AvgIpc) is 3.10. The minimum absolute atomic E-state index is 0.0452. The minimum atomic E-state index is -0.254. The van der Waals surface area contributed by atoms with E-state index in [0.29, 0.717) is 10.9 Å². The van der Waals surface area contributed by atoms with Gasteiger partial charge in [-0.2, -0.15) is 0 Å². The second-order valence-electron chi connectivity index (χ2n) is 6.94. The van der Waals surface area contributed by atoms with Gasteiger partial charge in [-0.3, -0.25) is 4.79 Å². The van der Waals surface area contributed by atoms with Crippen molar-refractivity contribution in [2.24, 2.45) is 7.05 Å². The number of hydrogen-bond acceptors (Lipinski definition) is 4. The first kappa shape index (κ1) is 17.1. The van der Waals surface area contributed by atoms with Gasteiger partial charge in [0.25, 0.3) is 5.56 Å². The van der Waals surface area contributed by atoms with Crippen LogP contribution < -0.4 is 16.2 Å². The van der Waals surface area contributed by atoms with Crippen LogP contribution in [0.3, 0.4) is 0 Å². The maximum atomic E-state index is 12.4. The highest BCUT2D eigenvalue weighted by atomic mass is 35.5. The van der Waals surface area contributed by atoms with Crippen LogP contribution in [0.2, 0.25) is 5.02 Å². The van der Waals surface area contributed by atoms with E-state index in [4.69, 9.17) is 11.6 Å². The molecule has 1 saturated heterocycles. The Labute approximate surface area is 157 Å². The van der Waals surface area contributed by atoms with Gasteiger partial charge in [-0.25, -0.2) is 4.98 Å². The highest BCUT2D eigenvalue weighted by molar-refractivity contribution is 6.31. The van der Waals surface area contributed by atoms with Gasteiger partial charge >= 0.3 is 0 Å². The topological polar surface area (TPSA) is 59.0 Å². The van der Waals surface area contributed by atoms with Gasteiger partial charge in [0.2, 0.25) is 0 Å². The molecule has 2 heterocycles. The third kappa shape index (κ3) is 2.77. The predicted molar refractivity (Wildman–Crippen MR) is 106 cm³/mol. The minimum Gasteiger partial charge on any atom is -0.374 e. The maximum absolute atomic E-state index is 12.4. The standard InChI is InChI=1S/C20H21ClN4O/c1-13-16(4-3-5-17(13)21)20(8-9-22-11-20)24-14-6-7-18-15(10-14)19(26)25(2)12-23-18/h3-7,10,12,22,24H,8-9,11H2,1-2H3/t20-/m1/s1. The van der Waals surface area contributed by atoms with Crippen molar-refractivity contribution in [3.63, 3.8) is 0 Å². The molecule has 1 aromatic heterocycles. The summed E-state index contributed by atoms with van der Waals surface area (Å²) in [5, 5.41) is 8.52. The molecule has 0 bridgehead atoms. The van der Waals surface area contributed by atoms with Gasteiger partial charge in [-0.1, -0.05) is 23.7 Å².